The zero-order chi connectivity index (χ0) is 28.4. The molecule has 2 aromatic carbocycles. The molecule has 0 atom stereocenters. The van der Waals surface area contributed by atoms with Gasteiger partial charge in [0.25, 0.3) is 0 Å². The fraction of sp³-hybridized carbons (Fsp3) is 0.259. The van der Waals surface area contributed by atoms with Gasteiger partial charge in [-0.05, 0) is 48.9 Å². The Kier molecular flexibility index (Phi) is 7.82. The Balaban J connectivity index is 1.57. The van der Waals surface area contributed by atoms with Crippen molar-refractivity contribution in [2.75, 3.05) is 5.32 Å². The van der Waals surface area contributed by atoms with Crippen molar-refractivity contribution in [1.82, 2.24) is 25.1 Å². The molecule has 0 radical (unpaired) electrons. The van der Waals surface area contributed by atoms with Gasteiger partial charge in [-0.3, -0.25) is 5.32 Å². The topological polar surface area (TPSA) is 94.0 Å². The molecule has 0 fully saturated rings. The number of alkyl halides is 3. The van der Waals surface area contributed by atoms with Gasteiger partial charge in [0.05, 0.1) is 16.9 Å². The van der Waals surface area contributed by atoms with Crippen LogP contribution in [0.5, 0.6) is 11.6 Å². The van der Waals surface area contributed by atoms with E-state index in [1.165, 1.54) is 12.3 Å². The Hall–Kier alpha value is -4.12. The number of benzene rings is 2. The lowest BCUT2D eigenvalue weighted by molar-refractivity contribution is -0.137. The van der Waals surface area contributed by atoms with Crippen LogP contribution < -0.4 is 15.4 Å². The van der Waals surface area contributed by atoms with E-state index in [1.807, 2.05) is 52.0 Å². The van der Waals surface area contributed by atoms with E-state index in [0.29, 0.717) is 5.82 Å². The molecule has 8 nitrogen and oxygen atoms in total. The molecular weight excluding hydrogens is 533 g/mol. The standard InChI is InChI=1S/C27H26ClF3N6O2/c1-16-5-8-19(9-6-16)37-22(14-21(36-37)26(2,3)4)34-25(38)33-15-17-13-18(27(29,30)31)7-10-20(17)39-23-11-12-32-24(28)35-23/h5-14H,15H2,1-4H3,(H2,33,34,38). The number of ether oxygens (including phenoxy) is 1. The highest BCUT2D eigenvalue weighted by Gasteiger charge is 2.31. The lowest BCUT2D eigenvalue weighted by atomic mass is 9.92. The second kappa shape index (κ2) is 10.9. The predicted molar refractivity (Wildman–Crippen MR) is 141 cm³/mol. The normalized spacial score (nSPS) is 11.8. The van der Waals surface area contributed by atoms with Crippen molar-refractivity contribution in [1.29, 1.82) is 0 Å². The molecule has 204 valence electrons. The Bertz CT molecular complexity index is 1480. The van der Waals surface area contributed by atoms with Crippen molar-refractivity contribution >= 4 is 23.4 Å². The molecule has 0 aliphatic carbocycles. The number of urea groups is 1. The molecule has 4 aromatic rings. The average Bonchev–Trinajstić information content (AvgIpc) is 3.27. The van der Waals surface area contributed by atoms with E-state index >= 15 is 0 Å². The van der Waals surface area contributed by atoms with E-state index in [2.05, 4.69) is 25.7 Å². The quantitative estimate of drug-likeness (QED) is 0.247. The highest BCUT2D eigenvalue weighted by Crippen LogP contribution is 2.34. The number of carbonyl (C=O) groups excluding carboxylic acids is 1. The number of rotatable bonds is 6. The first-order chi connectivity index (χ1) is 18.3. The first-order valence-electron chi connectivity index (χ1n) is 11.9. The number of anilines is 1. The van der Waals surface area contributed by atoms with E-state index < -0.39 is 17.8 Å². The Morgan fingerprint density at radius 2 is 1.77 bits per heavy atom. The lowest BCUT2D eigenvalue weighted by Crippen LogP contribution is -2.29. The molecule has 0 spiro atoms. The smallest absolute Gasteiger partial charge is 0.416 e. The van der Waals surface area contributed by atoms with Crippen LogP contribution in [-0.2, 0) is 18.1 Å². The average molecular weight is 559 g/mol. The Labute approximate surface area is 228 Å². The number of amides is 2. The molecule has 39 heavy (non-hydrogen) atoms. The first-order valence-corrected chi connectivity index (χ1v) is 12.3. The maximum Gasteiger partial charge on any atom is 0.416 e. The van der Waals surface area contributed by atoms with E-state index in [4.69, 9.17) is 16.3 Å². The summed E-state index contributed by atoms with van der Waals surface area (Å²) in [6.45, 7) is 7.69. The predicted octanol–water partition coefficient (Wildman–Crippen LogP) is 7.05. The van der Waals surface area contributed by atoms with Gasteiger partial charge in [0, 0.05) is 35.9 Å². The molecule has 0 saturated heterocycles. The lowest BCUT2D eigenvalue weighted by Gasteiger charge is -2.15. The minimum absolute atomic E-state index is 0.0390. The molecule has 0 unspecified atom stereocenters. The van der Waals surface area contributed by atoms with Crippen LogP contribution in [0.1, 0.15) is 43.2 Å². The van der Waals surface area contributed by atoms with Crippen LogP contribution in [0, 0.1) is 6.92 Å². The summed E-state index contributed by atoms with van der Waals surface area (Å²) in [6, 6.07) is 13.1. The summed E-state index contributed by atoms with van der Waals surface area (Å²) < 4.78 is 47.5. The van der Waals surface area contributed by atoms with Crippen molar-refractivity contribution in [2.45, 2.75) is 45.8 Å². The van der Waals surface area contributed by atoms with Crippen molar-refractivity contribution in [3.8, 4) is 17.3 Å². The monoisotopic (exact) mass is 558 g/mol. The fourth-order valence-corrected chi connectivity index (χ4v) is 3.68. The summed E-state index contributed by atoms with van der Waals surface area (Å²) in [7, 11) is 0. The number of aryl methyl sites for hydroxylation is 1. The molecule has 12 heteroatoms. The number of halogens is 4. The number of aromatic nitrogens is 4. The summed E-state index contributed by atoms with van der Waals surface area (Å²) >= 11 is 5.79. The van der Waals surface area contributed by atoms with Crippen molar-refractivity contribution in [3.05, 3.63) is 88.5 Å². The van der Waals surface area contributed by atoms with E-state index in [0.717, 1.165) is 35.1 Å². The van der Waals surface area contributed by atoms with Gasteiger partial charge in [0.2, 0.25) is 11.2 Å². The summed E-state index contributed by atoms with van der Waals surface area (Å²) in [5, 5.41) is 9.94. The Morgan fingerprint density at radius 3 is 2.41 bits per heavy atom. The molecule has 4 rings (SSSR count). The van der Waals surface area contributed by atoms with Gasteiger partial charge in [-0.1, -0.05) is 38.5 Å². The van der Waals surface area contributed by atoms with Crippen molar-refractivity contribution < 1.29 is 22.7 Å². The summed E-state index contributed by atoms with van der Waals surface area (Å²) in [4.78, 5) is 20.6. The van der Waals surface area contributed by atoms with Gasteiger partial charge < -0.3 is 10.1 Å². The summed E-state index contributed by atoms with van der Waals surface area (Å²) in [5.41, 5.74) is 1.45. The molecule has 2 aromatic heterocycles. The largest absolute Gasteiger partial charge is 0.439 e. The second-order valence-electron chi connectivity index (χ2n) is 9.81. The van der Waals surface area contributed by atoms with E-state index in [-0.39, 0.29) is 34.4 Å². The maximum atomic E-state index is 13.4. The number of hydrogen-bond donors (Lipinski definition) is 2. The SMILES string of the molecule is Cc1ccc(-n2nc(C(C)(C)C)cc2NC(=O)NCc2cc(C(F)(F)F)ccc2Oc2ccnc(Cl)n2)cc1. The van der Waals surface area contributed by atoms with Gasteiger partial charge >= 0.3 is 12.2 Å². The van der Waals surface area contributed by atoms with Crippen molar-refractivity contribution in [3.63, 3.8) is 0 Å². The molecule has 0 aliphatic heterocycles. The molecule has 2 N–H and O–H groups in total. The van der Waals surface area contributed by atoms with Gasteiger partial charge in [-0.25, -0.2) is 14.5 Å². The van der Waals surface area contributed by atoms with Crippen LogP contribution in [0.3, 0.4) is 0 Å². The zero-order valence-corrected chi connectivity index (χ0v) is 22.4. The van der Waals surface area contributed by atoms with E-state index in [9.17, 15) is 18.0 Å². The second-order valence-corrected chi connectivity index (χ2v) is 10.1. The third kappa shape index (κ3) is 7.05. The molecule has 0 bridgehead atoms. The number of hydrogen-bond acceptors (Lipinski definition) is 5. The highest BCUT2D eigenvalue weighted by atomic mass is 35.5. The highest BCUT2D eigenvalue weighted by molar-refractivity contribution is 6.28. The minimum atomic E-state index is -4.59. The molecule has 2 heterocycles. The molecular formula is C27H26ClF3N6O2. The van der Waals surface area contributed by atoms with Gasteiger partial charge in [0.1, 0.15) is 11.6 Å². The molecule has 0 aliphatic rings. The van der Waals surface area contributed by atoms with Crippen LogP contribution in [0.2, 0.25) is 5.28 Å². The van der Waals surface area contributed by atoms with Crippen LogP contribution in [0.15, 0.2) is 60.8 Å². The summed E-state index contributed by atoms with van der Waals surface area (Å²) in [6.07, 6.45) is -3.24. The number of nitrogens with zero attached hydrogens (tertiary/aromatic N) is 4. The van der Waals surface area contributed by atoms with Crippen LogP contribution >= 0.6 is 11.6 Å². The molecule has 2 amide bonds. The van der Waals surface area contributed by atoms with Crippen molar-refractivity contribution in [2.24, 2.45) is 0 Å². The van der Waals surface area contributed by atoms with Crippen LogP contribution in [0.25, 0.3) is 5.69 Å². The Morgan fingerprint density at radius 1 is 1.05 bits per heavy atom. The van der Waals surface area contributed by atoms with Gasteiger partial charge in [-0.15, -0.1) is 0 Å². The summed E-state index contributed by atoms with van der Waals surface area (Å²) in [5.74, 6) is 0.507. The third-order valence-electron chi connectivity index (χ3n) is 5.64. The van der Waals surface area contributed by atoms with Gasteiger partial charge in [-0.2, -0.15) is 23.3 Å². The van der Waals surface area contributed by atoms with E-state index in [1.54, 1.807) is 10.7 Å². The van der Waals surface area contributed by atoms with Crippen LogP contribution in [0.4, 0.5) is 23.8 Å². The third-order valence-corrected chi connectivity index (χ3v) is 5.82. The number of nitrogens with one attached hydrogen (secondary N) is 2. The molecule has 0 saturated carbocycles. The number of carbonyl (C=O) groups is 1. The van der Waals surface area contributed by atoms with Gasteiger partial charge in [0.15, 0.2) is 0 Å². The van der Waals surface area contributed by atoms with Crippen LogP contribution in [-0.4, -0.2) is 25.8 Å². The fourth-order valence-electron chi connectivity index (χ4n) is 3.54. The first kappa shape index (κ1) is 27.9. The zero-order valence-electron chi connectivity index (χ0n) is 21.6. The minimum Gasteiger partial charge on any atom is -0.439 e. The maximum absolute atomic E-state index is 13.4.